The predicted octanol–water partition coefficient (Wildman–Crippen LogP) is 4.33. The van der Waals surface area contributed by atoms with Crippen molar-refractivity contribution in [2.24, 2.45) is 5.92 Å². The van der Waals surface area contributed by atoms with Gasteiger partial charge in [0, 0.05) is 24.0 Å². The topological polar surface area (TPSA) is 60.2 Å². The van der Waals surface area contributed by atoms with Crippen molar-refractivity contribution in [3.8, 4) is 11.4 Å². The van der Waals surface area contributed by atoms with E-state index in [2.05, 4.69) is 10.2 Å². The van der Waals surface area contributed by atoms with Crippen molar-refractivity contribution in [2.75, 3.05) is 25.4 Å². The van der Waals surface area contributed by atoms with Gasteiger partial charge in [0.15, 0.2) is 5.16 Å². The number of hydrogen-bond donors (Lipinski definition) is 0. The van der Waals surface area contributed by atoms with Gasteiger partial charge in [-0.15, -0.1) is 10.2 Å². The highest BCUT2D eigenvalue weighted by Crippen LogP contribution is 2.24. The molecule has 1 amide bonds. The highest BCUT2D eigenvalue weighted by Gasteiger charge is 2.24. The molecule has 6 nitrogen and oxygen atoms in total. The number of piperidine rings is 1. The first-order chi connectivity index (χ1) is 14.7. The average molecular weight is 443 g/mol. The van der Waals surface area contributed by atoms with E-state index < -0.39 is 0 Å². The Hall–Kier alpha value is -2.51. The molecule has 0 radical (unpaired) electrons. The smallest absolute Gasteiger partial charge is 0.233 e. The first kappa shape index (κ1) is 20.8. The zero-order valence-electron chi connectivity index (χ0n) is 16.5. The molecule has 1 aliphatic rings. The van der Waals surface area contributed by atoms with E-state index in [4.69, 9.17) is 16.3 Å². The lowest BCUT2D eigenvalue weighted by Crippen LogP contribution is -2.42. The maximum Gasteiger partial charge on any atom is 0.233 e. The van der Waals surface area contributed by atoms with Crippen LogP contribution in [0.1, 0.15) is 12.8 Å². The highest BCUT2D eigenvalue weighted by molar-refractivity contribution is 7.99. The van der Waals surface area contributed by atoms with Crippen LogP contribution in [0.3, 0.4) is 0 Å². The Morgan fingerprint density at radius 3 is 2.90 bits per heavy atom. The summed E-state index contributed by atoms with van der Waals surface area (Å²) in [5, 5.41) is 9.47. The fourth-order valence-corrected chi connectivity index (χ4v) is 4.52. The van der Waals surface area contributed by atoms with Crippen molar-refractivity contribution < 1.29 is 9.53 Å². The quantitative estimate of drug-likeness (QED) is 0.509. The standard InChI is InChI=1S/C22H23ClN4O2S/c23-18-7-4-8-19(12-18)27-16-24-25-22(27)30-15-21(28)26-11-5-6-17(13-26)14-29-20-9-2-1-3-10-20/h1-4,7-10,12,16-17H,5-6,11,13-15H2. The summed E-state index contributed by atoms with van der Waals surface area (Å²) in [6.45, 7) is 2.15. The van der Waals surface area contributed by atoms with E-state index in [0.29, 0.717) is 28.5 Å². The molecule has 1 aromatic heterocycles. The molecule has 0 spiro atoms. The van der Waals surface area contributed by atoms with Crippen LogP contribution in [0.25, 0.3) is 5.69 Å². The SMILES string of the molecule is O=C(CSc1nncn1-c1cccc(Cl)c1)N1CCCC(COc2ccccc2)C1. The van der Waals surface area contributed by atoms with Gasteiger partial charge in [0.25, 0.3) is 0 Å². The van der Waals surface area contributed by atoms with Gasteiger partial charge in [0.1, 0.15) is 12.1 Å². The number of aromatic nitrogens is 3. The van der Waals surface area contributed by atoms with Crippen LogP contribution in [0.5, 0.6) is 5.75 Å². The van der Waals surface area contributed by atoms with Crippen LogP contribution < -0.4 is 4.74 Å². The summed E-state index contributed by atoms with van der Waals surface area (Å²) in [5.41, 5.74) is 0.874. The lowest BCUT2D eigenvalue weighted by Gasteiger charge is -2.32. The number of carbonyl (C=O) groups excluding carboxylic acids is 1. The Labute approximate surface area is 185 Å². The lowest BCUT2D eigenvalue weighted by molar-refractivity contribution is -0.130. The molecule has 2 heterocycles. The number of benzene rings is 2. The Balaban J connectivity index is 1.31. The summed E-state index contributed by atoms with van der Waals surface area (Å²) >= 11 is 7.48. The van der Waals surface area contributed by atoms with Crippen LogP contribution >= 0.6 is 23.4 Å². The fraction of sp³-hybridized carbons (Fsp3) is 0.318. The summed E-state index contributed by atoms with van der Waals surface area (Å²) in [7, 11) is 0. The van der Waals surface area contributed by atoms with Gasteiger partial charge in [0.05, 0.1) is 18.0 Å². The third-order valence-corrected chi connectivity index (χ3v) is 6.19. The van der Waals surface area contributed by atoms with Gasteiger partial charge in [-0.1, -0.05) is 47.6 Å². The van der Waals surface area contributed by atoms with Crippen LogP contribution in [0, 0.1) is 5.92 Å². The molecular weight excluding hydrogens is 420 g/mol. The third kappa shape index (κ3) is 5.34. The maximum atomic E-state index is 12.8. The molecule has 30 heavy (non-hydrogen) atoms. The second-order valence-electron chi connectivity index (χ2n) is 7.22. The minimum Gasteiger partial charge on any atom is -0.493 e. The van der Waals surface area contributed by atoms with Crippen LogP contribution in [-0.2, 0) is 4.79 Å². The summed E-state index contributed by atoms with van der Waals surface area (Å²) in [4.78, 5) is 14.7. The van der Waals surface area contributed by atoms with Gasteiger partial charge in [-0.25, -0.2) is 0 Å². The van der Waals surface area contributed by atoms with Gasteiger partial charge in [-0.3, -0.25) is 9.36 Å². The predicted molar refractivity (Wildman–Crippen MR) is 118 cm³/mol. The Bertz CT molecular complexity index is 982. The van der Waals surface area contributed by atoms with Gasteiger partial charge in [-0.2, -0.15) is 0 Å². The lowest BCUT2D eigenvalue weighted by atomic mass is 9.99. The maximum absolute atomic E-state index is 12.8. The number of para-hydroxylation sites is 1. The van der Waals surface area contributed by atoms with Crippen LogP contribution in [0.4, 0.5) is 0 Å². The number of ether oxygens (including phenoxy) is 1. The number of hydrogen-bond acceptors (Lipinski definition) is 5. The summed E-state index contributed by atoms with van der Waals surface area (Å²) in [5.74, 6) is 1.66. The van der Waals surface area contributed by atoms with E-state index in [-0.39, 0.29) is 5.91 Å². The van der Waals surface area contributed by atoms with Gasteiger partial charge >= 0.3 is 0 Å². The number of likely N-dealkylation sites (tertiary alicyclic amines) is 1. The van der Waals surface area contributed by atoms with Crippen LogP contribution in [-0.4, -0.2) is 51.0 Å². The van der Waals surface area contributed by atoms with Gasteiger partial charge in [0.2, 0.25) is 5.91 Å². The van der Waals surface area contributed by atoms with E-state index in [1.165, 1.54) is 11.8 Å². The number of rotatable bonds is 7. The number of halogens is 1. The zero-order chi connectivity index (χ0) is 20.8. The number of thioether (sulfide) groups is 1. The van der Waals surface area contributed by atoms with Gasteiger partial charge < -0.3 is 9.64 Å². The monoisotopic (exact) mass is 442 g/mol. The Morgan fingerprint density at radius 2 is 2.07 bits per heavy atom. The summed E-state index contributed by atoms with van der Waals surface area (Å²) in [6.07, 6.45) is 3.71. The normalized spacial score (nSPS) is 16.4. The molecular formula is C22H23ClN4O2S. The molecule has 156 valence electrons. The minimum atomic E-state index is 0.116. The molecule has 1 fully saturated rings. The molecule has 2 aromatic carbocycles. The van der Waals surface area contributed by atoms with Crippen LogP contribution in [0.2, 0.25) is 5.02 Å². The van der Waals surface area contributed by atoms with E-state index in [1.54, 1.807) is 6.33 Å². The summed E-state index contributed by atoms with van der Waals surface area (Å²) in [6, 6.07) is 17.3. The highest BCUT2D eigenvalue weighted by atomic mass is 35.5. The summed E-state index contributed by atoms with van der Waals surface area (Å²) < 4.78 is 7.74. The van der Waals surface area contributed by atoms with E-state index >= 15 is 0 Å². The molecule has 1 aliphatic heterocycles. The number of carbonyl (C=O) groups is 1. The first-order valence-electron chi connectivity index (χ1n) is 9.93. The first-order valence-corrected chi connectivity index (χ1v) is 11.3. The molecule has 1 saturated heterocycles. The Morgan fingerprint density at radius 1 is 1.20 bits per heavy atom. The molecule has 1 unspecified atom stereocenters. The average Bonchev–Trinajstić information content (AvgIpc) is 3.26. The molecule has 4 rings (SSSR count). The van der Waals surface area contributed by atoms with E-state index in [0.717, 1.165) is 37.4 Å². The van der Waals surface area contributed by atoms with Gasteiger partial charge in [-0.05, 0) is 43.2 Å². The number of amides is 1. The van der Waals surface area contributed by atoms with Crippen molar-refractivity contribution in [1.82, 2.24) is 19.7 Å². The fourth-order valence-electron chi connectivity index (χ4n) is 3.50. The zero-order valence-corrected chi connectivity index (χ0v) is 18.1. The van der Waals surface area contributed by atoms with Crippen molar-refractivity contribution in [2.45, 2.75) is 18.0 Å². The molecule has 0 N–H and O–H groups in total. The van der Waals surface area contributed by atoms with E-state index in [1.807, 2.05) is 64.1 Å². The molecule has 1 atom stereocenters. The molecule has 8 heteroatoms. The van der Waals surface area contributed by atoms with Crippen LogP contribution in [0.15, 0.2) is 66.1 Å². The molecule has 0 aliphatic carbocycles. The molecule has 3 aromatic rings. The Kier molecular flexibility index (Phi) is 6.92. The molecule has 0 bridgehead atoms. The second-order valence-corrected chi connectivity index (χ2v) is 8.60. The molecule has 0 saturated carbocycles. The van der Waals surface area contributed by atoms with Crippen molar-refractivity contribution in [3.63, 3.8) is 0 Å². The second kappa shape index (κ2) is 10.00. The van der Waals surface area contributed by atoms with Crippen molar-refractivity contribution in [1.29, 1.82) is 0 Å². The number of nitrogens with zero attached hydrogens (tertiary/aromatic N) is 4. The van der Waals surface area contributed by atoms with Crippen molar-refractivity contribution >= 4 is 29.3 Å². The minimum absolute atomic E-state index is 0.116. The van der Waals surface area contributed by atoms with E-state index in [9.17, 15) is 4.79 Å². The third-order valence-electron chi connectivity index (χ3n) is 5.03. The van der Waals surface area contributed by atoms with Crippen molar-refractivity contribution in [3.05, 3.63) is 65.9 Å². The largest absolute Gasteiger partial charge is 0.493 e.